The fourth-order valence-corrected chi connectivity index (χ4v) is 2.94. The van der Waals surface area contributed by atoms with Crippen LogP contribution in [0, 0.1) is 5.82 Å². The van der Waals surface area contributed by atoms with E-state index in [1.54, 1.807) is 6.07 Å². The van der Waals surface area contributed by atoms with Crippen LogP contribution >= 0.6 is 0 Å². The molecule has 2 fully saturated rings. The van der Waals surface area contributed by atoms with Crippen molar-refractivity contribution in [3.63, 3.8) is 0 Å². The number of rotatable bonds is 1. The van der Waals surface area contributed by atoms with Crippen molar-refractivity contribution in [1.29, 1.82) is 0 Å². The molecule has 0 aliphatic carbocycles. The molecule has 0 unspecified atom stereocenters. The van der Waals surface area contributed by atoms with Gasteiger partial charge in [-0.1, -0.05) is 12.1 Å². The molecule has 2 saturated heterocycles. The number of hydrogen-bond donors (Lipinski definition) is 1. The van der Waals surface area contributed by atoms with Crippen LogP contribution in [0.15, 0.2) is 24.3 Å². The summed E-state index contributed by atoms with van der Waals surface area (Å²) in [7, 11) is 0. The summed E-state index contributed by atoms with van der Waals surface area (Å²) >= 11 is 0. The van der Waals surface area contributed by atoms with Crippen LogP contribution in [-0.4, -0.2) is 38.4 Å². The van der Waals surface area contributed by atoms with E-state index in [2.05, 4.69) is 10.2 Å². The van der Waals surface area contributed by atoms with Crippen molar-refractivity contribution in [2.24, 2.45) is 0 Å². The monoisotopic (exact) mass is 250 g/mol. The first kappa shape index (κ1) is 11.9. The average Bonchev–Trinajstić information content (AvgIpc) is 2.40. The van der Waals surface area contributed by atoms with Crippen LogP contribution in [0.5, 0.6) is 0 Å². The van der Waals surface area contributed by atoms with Crippen molar-refractivity contribution in [1.82, 2.24) is 5.32 Å². The maximum Gasteiger partial charge on any atom is 0.146 e. The molecule has 0 aromatic heterocycles. The predicted octanol–water partition coefficient (Wildman–Crippen LogP) is 1.78. The van der Waals surface area contributed by atoms with Crippen LogP contribution < -0.4 is 10.2 Å². The molecule has 0 amide bonds. The number of morpholine rings is 1. The van der Waals surface area contributed by atoms with Crippen LogP contribution in [-0.2, 0) is 4.74 Å². The highest BCUT2D eigenvalue weighted by molar-refractivity contribution is 5.48. The van der Waals surface area contributed by atoms with E-state index < -0.39 is 0 Å². The van der Waals surface area contributed by atoms with Gasteiger partial charge in [-0.05, 0) is 38.1 Å². The van der Waals surface area contributed by atoms with Crippen LogP contribution in [0.4, 0.5) is 10.1 Å². The number of halogens is 1. The smallest absolute Gasteiger partial charge is 0.146 e. The van der Waals surface area contributed by atoms with E-state index in [9.17, 15) is 4.39 Å². The van der Waals surface area contributed by atoms with Gasteiger partial charge >= 0.3 is 0 Å². The van der Waals surface area contributed by atoms with E-state index in [1.807, 2.05) is 12.1 Å². The first-order chi connectivity index (χ1) is 8.79. The van der Waals surface area contributed by atoms with Crippen LogP contribution in [0.25, 0.3) is 0 Å². The number of anilines is 1. The van der Waals surface area contributed by atoms with Crippen molar-refractivity contribution in [2.75, 3.05) is 37.7 Å². The molecule has 0 saturated carbocycles. The van der Waals surface area contributed by atoms with Gasteiger partial charge in [0.05, 0.1) is 17.9 Å². The third-order valence-corrected chi connectivity index (χ3v) is 3.96. The summed E-state index contributed by atoms with van der Waals surface area (Å²) in [5.74, 6) is -0.136. The Labute approximate surface area is 107 Å². The minimum Gasteiger partial charge on any atom is -0.371 e. The molecule has 0 radical (unpaired) electrons. The number of hydrogen-bond acceptors (Lipinski definition) is 3. The van der Waals surface area contributed by atoms with E-state index in [0.29, 0.717) is 12.3 Å². The first-order valence-electron chi connectivity index (χ1n) is 6.63. The molecular formula is C14H19FN2O. The Morgan fingerprint density at radius 2 is 2.00 bits per heavy atom. The van der Waals surface area contributed by atoms with Crippen molar-refractivity contribution in [2.45, 2.75) is 18.4 Å². The number of nitrogens with one attached hydrogen (secondary N) is 1. The van der Waals surface area contributed by atoms with Gasteiger partial charge in [-0.25, -0.2) is 4.39 Å². The third-order valence-electron chi connectivity index (χ3n) is 3.96. The highest BCUT2D eigenvalue weighted by atomic mass is 19.1. The van der Waals surface area contributed by atoms with Gasteiger partial charge in [0.2, 0.25) is 0 Å². The molecule has 4 heteroatoms. The van der Waals surface area contributed by atoms with Gasteiger partial charge in [-0.2, -0.15) is 0 Å². The van der Waals surface area contributed by atoms with Crippen LogP contribution in [0.1, 0.15) is 12.8 Å². The van der Waals surface area contributed by atoms with Gasteiger partial charge in [-0.3, -0.25) is 0 Å². The number of para-hydroxylation sites is 1. The Hall–Kier alpha value is -1.13. The summed E-state index contributed by atoms with van der Waals surface area (Å²) in [4.78, 5) is 2.13. The fraction of sp³-hybridized carbons (Fsp3) is 0.571. The molecule has 3 nitrogen and oxygen atoms in total. The van der Waals surface area contributed by atoms with Gasteiger partial charge in [0.25, 0.3) is 0 Å². The van der Waals surface area contributed by atoms with E-state index >= 15 is 0 Å². The van der Waals surface area contributed by atoms with E-state index in [0.717, 1.165) is 39.0 Å². The maximum atomic E-state index is 13.8. The summed E-state index contributed by atoms with van der Waals surface area (Å²) in [6.07, 6.45) is 2.02. The van der Waals surface area contributed by atoms with Crippen molar-refractivity contribution in [3.05, 3.63) is 30.1 Å². The zero-order valence-corrected chi connectivity index (χ0v) is 10.5. The second-order valence-corrected chi connectivity index (χ2v) is 5.15. The lowest BCUT2D eigenvalue weighted by molar-refractivity contribution is -0.0739. The number of ether oxygens (including phenoxy) is 1. The normalized spacial score (nSPS) is 23.3. The Morgan fingerprint density at radius 3 is 2.78 bits per heavy atom. The lowest BCUT2D eigenvalue weighted by Crippen LogP contribution is -2.56. The van der Waals surface area contributed by atoms with Gasteiger partial charge in [0.15, 0.2) is 0 Å². The molecular weight excluding hydrogens is 231 g/mol. The predicted molar refractivity (Wildman–Crippen MR) is 69.4 cm³/mol. The van der Waals surface area contributed by atoms with Gasteiger partial charge < -0.3 is 15.0 Å². The van der Waals surface area contributed by atoms with Crippen molar-refractivity contribution >= 4 is 5.69 Å². The topological polar surface area (TPSA) is 24.5 Å². The van der Waals surface area contributed by atoms with Crippen molar-refractivity contribution in [3.8, 4) is 0 Å². The lowest BCUT2D eigenvalue weighted by Gasteiger charge is -2.46. The minimum atomic E-state index is -0.136. The van der Waals surface area contributed by atoms with Gasteiger partial charge in [0, 0.05) is 13.1 Å². The molecule has 2 heterocycles. The van der Waals surface area contributed by atoms with Gasteiger partial charge in [-0.15, -0.1) is 0 Å². The maximum absolute atomic E-state index is 13.8. The molecule has 18 heavy (non-hydrogen) atoms. The number of nitrogens with zero attached hydrogens (tertiary/aromatic N) is 1. The third kappa shape index (κ3) is 2.22. The van der Waals surface area contributed by atoms with E-state index in [1.165, 1.54) is 6.07 Å². The first-order valence-corrected chi connectivity index (χ1v) is 6.63. The quantitative estimate of drug-likeness (QED) is 0.822. The van der Waals surface area contributed by atoms with Gasteiger partial charge in [0.1, 0.15) is 5.82 Å². The molecule has 1 spiro atoms. The Balaban J connectivity index is 1.80. The molecule has 1 aromatic rings. The van der Waals surface area contributed by atoms with E-state index in [-0.39, 0.29) is 11.4 Å². The Morgan fingerprint density at radius 1 is 1.22 bits per heavy atom. The summed E-state index contributed by atoms with van der Waals surface area (Å²) in [5, 5.41) is 3.35. The molecule has 0 atom stereocenters. The van der Waals surface area contributed by atoms with Crippen molar-refractivity contribution < 1.29 is 9.13 Å². The SMILES string of the molecule is Fc1ccccc1N1CCOC2(CCNCC2)C1. The zero-order chi connectivity index (χ0) is 12.4. The second kappa shape index (κ2) is 4.86. The lowest BCUT2D eigenvalue weighted by atomic mass is 9.90. The summed E-state index contributed by atoms with van der Waals surface area (Å²) in [5.41, 5.74) is 0.630. The molecule has 98 valence electrons. The molecule has 2 aliphatic heterocycles. The Bertz CT molecular complexity index is 413. The molecule has 0 bridgehead atoms. The standard InChI is InChI=1S/C14H19FN2O/c15-12-3-1-2-4-13(12)17-9-10-18-14(11-17)5-7-16-8-6-14/h1-4,16H,5-11H2. The zero-order valence-electron chi connectivity index (χ0n) is 10.5. The molecule has 1 N–H and O–H groups in total. The minimum absolute atomic E-state index is 0.0776. The highest BCUT2D eigenvalue weighted by Crippen LogP contribution is 2.31. The summed E-state index contributed by atoms with van der Waals surface area (Å²) in [6, 6.07) is 7.01. The molecule has 2 aliphatic rings. The highest BCUT2D eigenvalue weighted by Gasteiger charge is 2.38. The molecule has 3 rings (SSSR count). The van der Waals surface area contributed by atoms with E-state index in [4.69, 9.17) is 4.74 Å². The Kier molecular flexibility index (Phi) is 3.22. The summed E-state index contributed by atoms with van der Waals surface area (Å²) in [6.45, 7) is 4.25. The number of piperidine rings is 1. The number of benzene rings is 1. The average molecular weight is 250 g/mol. The van der Waals surface area contributed by atoms with Crippen LogP contribution in [0.2, 0.25) is 0 Å². The largest absolute Gasteiger partial charge is 0.371 e. The van der Waals surface area contributed by atoms with Crippen LogP contribution in [0.3, 0.4) is 0 Å². The second-order valence-electron chi connectivity index (χ2n) is 5.15. The summed E-state index contributed by atoms with van der Waals surface area (Å²) < 4.78 is 19.8. The fourth-order valence-electron chi connectivity index (χ4n) is 2.94. The molecule has 1 aromatic carbocycles.